The Morgan fingerprint density at radius 1 is 1.11 bits per heavy atom. The highest BCUT2D eigenvalue weighted by molar-refractivity contribution is 5.24. The van der Waals surface area contributed by atoms with Crippen LogP contribution in [-0.2, 0) is 32.7 Å². The summed E-state index contributed by atoms with van der Waals surface area (Å²) in [6.45, 7) is 2.13. The van der Waals surface area contributed by atoms with Crippen LogP contribution in [0.5, 0.6) is 0 Å². The van der Waals surface area contributed by atoms with Crippen LogP contribution < -0.4 is 0 Å². The van der Waals surface area contributed by atoms with Crippen molar-refractivity contribution in [1.29, 1.82) is 0 Å². The van der Waals surface area contributed by atoms with Gasteiger partial charge >= 0.3 is 0 Å². The minimum Gasteiger partial charge on any atom is -0.335 e. The molecule has 2 heteroatoms. The molecule has 0 aliphatic heterocycles. The van der Waals surface area contributed by atoms with Crippen molar-refractivity contribution < 1.29 is 0 Å². The van der Waals surface area contributed by atoms with Crippen LogP contribution in [0, 0.1) is 6.92 Å². The van der Waals surface area contributed by atoms with E-state index in [1.165, 1.54) is 47.6 Å². The normalized spacial score (nSPS) is 13.9. The molecule has 0 atom stereocenters. The van der Waals surface area contributed by atoms with Crippen molar-refractivity contribution in [3.8, 4) is 0 Å². The summed E-state index contributed by atoms with van der Waals surface area (Å²) >= 11 is 0. The number of imidazole rings is 1. The number of rotatable bonds is 3. The molecule has 1 aromatic heterocycles. The Morgan fingerprint density at radius 2 is 1.89 bits per heavy atom. The molecule has 0 N–H and O–H groups in total. The van der Waals surface area contributed by atoms with E-state index in [9.17, 15) is 0 Å². The molecule has 3 rings (SSSR count). The molecular weight excluding hydrogens is 220 g/mol. The van der Waals surface area contributed by atoms with Gasteiger partial charge in [-0.15, -0.1) is 0 Å². The lowest BCUT2D eigenvalue weighted by molar-refractivity contribution is 0.720. The number of hydrogen-bond acceptors (Lipinski definition) is 1. The topological polar surface area (TPSA) is 17.8 Å². The summed E-state index contributed by atoms with van der Waals surface area (Å²) in [5.41, 5.74) is 5.55. The smallest absolute Gasteiger partial charge is 0.109 e. The molecular formula is C16H20N2. The van der Waals surface area contributed by atoms with Gasteiger partial charge in [-0.1, -0.05) is 29.8 Å². The van der Waals surface area contributed by atoms with E-state index in [4.69, 9.17) is 4.98 Å². The third-order valence-electron chi connectivity index (χ3n) is 3.97. The number of aryl methyl sites for hydroxylation is 4. The van der Waals surface area contributed by atoms with Crippen LogP contribution in [0.3, 0.4) is 0 Å². The zero-order valence-electron chi connectivity index (χ0n) is 11.2. The third-order valence-corrected chi connectivity index (χ3v) is 3.97. The number of aromatic nitrogens is 2. The lowest BCUT2D eigenvalue weighted by Crippen LogP contribution is -2.03. The molecule has 0 saturated heterocycles. The maximum Gasteiger partial charge on any atom is 0.109 e. The molecule has 2 nitrogen and oxygen atoms in total. The molecule has 1 aliphatic rings. The fourth-order valence-electron chi connectivity index (χ4n) is 2.81. The van der Waals surface area contributed by atoms with Crippen LogP contribution in [0.1, 0.15) is 34.8 Å². The van der Waals surface area contributed by atoms with Gasteiger partial charge in [-0.2, -0.15) is 0 Å². The zero-order chi connectivity index (χ0) is 12.5. The van der Waals surface area contributed by atoms with Gasteiger partial charge in [0.1, 0.15) is 5.82 Å². The van der Waals surface area contributed by atoms with Gasteiger partial charge < -0.3 is 4.57 Å². The maximum absolute atomic E-state index is 4.79. The Labute approximate surface area is 109 Å². The molecule has 18 heavy (non-hydrogen) atoms. The van der Waals surface area contributed by atoms with Crippen molar-refractivity contribution in [2.75, 3.05) is 0 Å². The predicted octanol–water partition coefficient (Wildman–Crippen LogP) is 3.00. The fourth-order valence-corrected chi connectivity index (χ4v) is 2.81. The zero-order valence-corrected chi connectivity index (χ0v) is 11.2. The van der Waals surface area contributed by atoms with E-state index < -0.39 is 0 Å². The van der Waals surface area contributed by atoms with Crippen LogP contribution in [0.2, 0.25) is 0 Å². The summed E-state index contributed by atoms with van der Waals surface area (Å²) in [4.78, 5) is 4.79. The van der Waals surface area contributed by atoms with E-state index in [-0.39, 0.29) is 0 Å². The second-order valence-electron chi connectivity index (χ2n) is 5.32. The second-order valence-corrected chi connectivity index (χ2v) is 5.32. The first-order valence-electron chi connectivity index (χ1n) is 6.83. The molecule has 0 radical (unpaired) electrons. The first kappa shape index (κ1) is 11.5. The number of benzene rings is 1. The number of nitrogens with zero attached hydrogens (tertiary/aromatic N) is 2. The minimum absolute atomic E-state index is 1.05. The van der Waals surface area contributed by atoms with Crippen LogP contribution in [-0.4, -0.2) is 9.55 Å². The quantitative estimate of drug-likeness (QED) is 0.806. The van der Waals surface area contributed by atoms with Gasteiger partial charge in [0, 0.05) is 19.2 Å². The van der Waals surface area contributed by atoms with Crippen molar-refractivity contribution in [2.24, 2.45) is 7.05 Å². The van der Waals surface area contributed by atoms with Crippen molar-refractivity contribution in [1.82, 2.24) is 9.55 Å². The van der Waals surface area contributed by atoms with Gasteiger partial charge in [0.05, 0.1) is 5.69 Å². The van der Waals surface area contributed by atoms with Gasteiger partial charge in [-0.05, 0) is 38.2 Å². The molecule has 94 valence electrons. The first-order valence-corrected chi connectivity index (χ1v) is 6.83. The highest BCUT2D eigenvalue weighted by Crippen LogP contribution is 2.22. The van der Waals surface area contributed by atoms with E-state index >= 15 is 0 Å². The minimum atomic E-state index is 1.05. The molecule has 2 aromatic rings. The van der Waals surface area contributed by atoms with E-state index in [0.29, 0.717) is 0 Å². The Kier molecular flexibility index (Phi) is 2.94. The average Bonchev–Trinajstić information content (AvgIpc) is 2.93. The number of hydrogen-bond donors (Lipinski definition) is 0. The Bertz CT molecular complexity index is 549. The summed E-state index contributed by atoms with van der Waals surface area (Å²) in [5.74, 6) is 1.25. The van der Waals surface area contributed by atoms with E-state index in [1.54, 1.807) is 0 Å². The van der Waals surface area contributed by atoms with Crippen LogP contribution in [0.25, 0.3) is 0 Å². The van der Waals surface area contributed by atoms with Crippen molar-refractivity contribution in [3.05, 3.63) is 52.6 Å². The molecule has 0 saturated carbocycles. The predicted molar refractivity (Wildman–Crippen MR) is 73.8 cm³/mol. The summed E-state index contributed by atoms with van der Waals surface area (Å²) in [6, 6.07) is 8.83. The molecule has 0 fully saturated rings. The average molecular weight is 240 g/mol. The van der Waals surface area contributed by atoms with Gasteiger partial charge in [-0.25, -0.2) is 4.98 Å². The molecule has 1 aromatic carbocycles. The summed E-state index contributed by atoms with van der Waals surface area (Å²) in [5, 5.41) is 0. The maximum atomic E-state index is 4.79. The molecule has 0 unspecified atom stereocenters. The van der Waals surface area contributed by atoms with Crippen LogP contribution >= 0.6 is 0 Å². The molecule has 0 spiro atoms. The van der Waals surface area contributed by atoms with Crippen molar-refractivity contribution in [2.45, 2.75) is 39.0 Å². The van der Waals surface area contributed by atoms with Crippen molar-refractivity contribution >= 4 is 0 Å². The van der Waals surface area contributed by atoms with Crippen molar-refractivity contribution in [3.63, 3.8) is 0 Å². The lowest BCUT2D eigenvalue weighted by Gasteiger charge is -2.05. The van der Waals surface area contributed by atoms with Gasteiger partial charge in [0.2, 0.25) is 0 Å². The largest absolute Gasteiger partial charge is 0.335 e. The van der Waals surface area contributed by atoms with E-state index in [0.717, 1.165) is 12.8 Å². The Balaban J connectivity index is 1.72. The highest BCUT2D eigenvalue weighted by atomic mass is 15.1. The van der Waals surface area contributed by atoms with Gasteiger partial charge in [-0.3, -0.25) is 0 Å². The van der Waals surface area contributed by atoms with E-state index in [2.05, 4.69) is 42.8 Å². The Hall–Kier alpha value is -1.57. The van der Waals surface area contributed by atoms with Gasteiger partial charge in [0.15, 0.2) is 0 Å². The molecule has 0 amide bonds. The monoisotopic (exact) mass is 240 g/mol. The molecule has 1 heterocycles. The molecule has 0 bridgehead atoms. The first-order chi connectivity index (χ1) is 8.74. The Morgan fingerprint density at radius 3 is 2.61 bits per heavy atom. The summed E-state index contributed by atoms with van der Waals surface area (Å²) in [7, 11) is 2.17. The highest BCUT2D eigenvalue weighted by Gasteiger charge is 2.18. The SMILES string of the molecule is Cc1ccc(CCc2nc3c(n2C)CCC3)cc1. The van der Waals surface area contributed by atoms with E-state index in [1.807, 2.05) is 0 Å². The summed E-state index contributed by atoms with van der Waals surface area (Å²) in [6.07, 6.45) is 5.80. The third kappa shape index (κ3) is 2.07. The van der Waals surface area contributed by atoms with Crippen LogP contribution in [0.4, 0.5) is 0 Å². The lowest BCUT2D eigenvalue weighted by atomic mass is 10.1. The molecule has 1 aliphatic carbocycles. The number of fused-ring (bicyclic) bond motifs is 1. The summed E-state index contributed by atoms with van der Waals surface area (Å²) < 4.78 is 2.32. The standard InChI is InChI=1S/C16H20N2/c1-12-6-8-13(9-7-12)10-11-16-17-14-4-3-5-15(14)18(16)2/h6-9H,3-5,10-11H2,1-2H3. The fraction of sp³-hybridized carbons (Fsp3) is 0.438. The second kappa shape index (κ2) is 4.60. The van der Waals surface area contributed by atoms with Crippen LogP contribution in [0.15, 0.2) is 24.3 Å². The van der Waals surface area contributed by atoms with Gasteiger partial charge in [0.25, 0.3) is 0 Å².